The minimum absolute atomic E-state index is 0.646. The van der Waals surface area contributed by atoms with Crippen molar-refractivity contribution in [2.24, 2.45) is 0 Å². The molecule has 0 amide bonds. The predicted molar refractivity (Wildman–Crippen MR) is 33.6 cm³/mol. The van der Waals surface area contributed by atoms with E-state index in [1.165, 1.54) is 0 Å². The maximum absolute atomic E-state index is 11.7. The van der Waals surface area contributed by atoms with Crippen LogP contribution in [0.25, 0.3) is 0 Å². The minimum atomic E-state index is -4.87. The SMILES string of the molecule is CC(Br)[N+](=S(=O)=O)C(F)(F)F. The fourth-order valence-corrected chi connectivity index (χ4v) is 1.45. The molecular formula is C3H4BrF3NO2S+. The largest absolute Gasteiger partial charge is 0.650 e. The fraction of sp³-hybridized carbons (Fsp3) is 1.00. The van der Waals surface area contributed by atoms with Crippen molar-refractivity contribution in [3.05, 3.63) is 0 Å². The third-order valence-electron chi connectivity index (χ3n) is 0.734. The first kappa shape index (κ1) is 10.9. The Kier molecular flexibility index (Phi) is 3.49. The van der Waals surface area contributed by atoms with E-state index in [0.717, 1.165) is 6.92 Å². The van der Waals surface area contributed by atoms with Gasteiger partial charge in [0.2, 0.25) is 4.95 Å². The molecule has 8 heteroatoms. The Balaban J connectivity index is 5.15. The number of alkyl halides is 4. The third-order valence-corrected chi connectivity index (χ3v) is 2.26. The van der Waals surface area contributed by atoms with Crippen molar-refractivity contribution in [1.82, 2.24) is 0 Å². The maximum atomic E-state index is 11.7. The molecule has 0 aromatic rings. The topological polar surface area (TPSA) is 37.1 Å². The van der Waals surface area contributed by atoms with Crippen LogP contribution in [-0.4, -0.2) is 23.6 Å². The van der Waals surface area contributed by atoms with Crippen LogP contribution in [0.15, 0.2) is 0 Å². The molecule has 0 aliphatic carbocycles. The summed E-state index contributed by atoms with van der Waals surface area (Å²) in [5.74, 6) is 0. The lowest BCUT2D eigenvalue weighted by atomic mass is 10.7. The molecular weight excluding hydrogens is 251 g/mol. The number of hydrogen-bond acceptors (Lipinski definition) is 2. The summed E-state index contributed by atoms with van der Waals surface area (Å²) in [4.78, 5) is -1.29. The van der Waals surface area contributed by atoms with Crippen molar-refractivity contribution in [1.29, 1.82) is 0 Å². The molecule has 0 bridgehead atoms. The molecule has 0 rings (SSSR count). The molecule has 0 fully saturated rings. The van der Waals surface area contributed by atoms with Gasteiger partial charge in [0.1, 0.15) is 0 Å². The van der Waals surface area contributed by atoms with Gasteiger partial charge in [-0.2, -0.15) is 0 Å². The second-order valence-electron chi connectivity index (χ2n) is 1.58. The smallest absolute Gasteiger partial charge is 0.122 e. The maximum Gasteiger partial charge on any atom is 0.650 e. The summed E-state index contributed by atoms with van der Waals surface area (Å²) >= 11 is 2.49. The predicted octanol–water partition coefficient (Wildman–Crippen LogP) is 1.32. The zero-order valence-corrected chi connectivity index (χ0v) is 7.66. The summed E-state index contributed by atoms with van der Waals surface area (Å²) in [6, 6.07) is 0. The summed E-state index contributed by atoms with van der Waals surface area (Å²) in [5.41, 5.74) is 0. The number of nitrogens with zero attached hydrogens (tertiary/aromatic N) is 1. The lowest BCUT2D eigenvalue weighted by Gasteiger charge is -2.00. The summed E-state index contributed by atoms with van der Waals surface area (Å²) in [6.07, 6.45) is -4.87. The monoisotopic (exact) mass is 254 g/mol. The van der Waals surface area contributed by atoms with E-state index >= 15 is 0 Å². The molecule has 0 saturated heterocycles. The average molecular weight is 255 g/mol. The molecule has 0 heterocycles. The molecule has 0 aromatic heterocycles. The Morgan fingerprint density at radius 2 is 1.82 bits per heavy atom. The first-order valence-electron chi connectivity index (χ1n) is 2.36. The molecule has 66 valence electrons. The van der Waals surface area contributed by atoms with Crippen LogP contribution < -0.4 is 0 Å². The molecule has 0 aliphatic rings. The Hall–Kier alpha value is -0.110. The van der Waals surface area contributed by atoms with Gasteiger partial charge in [-0.3, -0.25) is 0 Å². The molecule has 0 aliphatic heterocycles. The van der Waals surface area contributed by atoms with Crippen LogP contribution in [0, 0.1) is 0 Å². The summed E-state index contributed by atoms with van der Waals surface area (Å²) in [5, 5.41) is 0. The van der Waals surface area contributed by atoms with E-state index in [1.807, 2.05) is 0 Å². The van der Waals surface area contributed by atoms with Gasteiger partial charge in [0.05, 0.1) is 0 Å². The van der Waals surface area contributed by atoms with Gasteiger partial charge in [-0.05, 0) is 19.9 Å². The van der Waals surface area contributed by atoms with E-state index in [0.29, 0.717) is 0 Å². The zero-order valence-electron chi connectivity index (χ0n) is 5.26. The highest BCUT2D eigenvalue weighted by molar-refractivity contribution is 9.09. The minimum Gasteiger partial charge on any atom is -0.122 e. The zero-order chi connectivity index (χ0) is 9.23. The van der Waals surface area contributed by atoms with Crippen LogP contribution in [-0.2, 0) is 10.5 Å². The van der Waals surface area contributed by atoms with Gasteiger partial charge < -0.3 is 0 Å². The standard InChI is InChI=1S/C3H4BrF3NO2S/c1-2(4)8(11(9)10)3(5,6)7/h2H,1H3/q+1. The van der Waals surface area contributed by atoms with E-state index in [2.05, 4.69) is 15.9 Å². The second-order valence-corrected chi connectivity index (χ2v) is 3.74. The normalized spacial score (nSPS) is 14.3. The summed E-state index contributed by atoms with van der Waals surface area (Å²) in [7, 11) is -3.29. The quantitative estimate of drug-likeness (QED) is 0.402. The first-order chi connectivity index (χ1) is 4.76. The van der Waals surface area contributed by atoms with Gasteiger partial charge in [0, 0.05) is 6.92 Å². The van der Waals surface area contributed by atoms with Crippen molar-refractivity contribution in [3.63, 3.8) is 0 Å². The Labute approximate surface area is 70.6 Å². The van der Waals surface area contributed by atoms with E-state index in [-0.39, 0.29) is 0 Å². The second kappa shape index (κ2) is 3.53. The highest BCUT2D eigenvalue weighted by Crippen LogP contribution is 2.20. The first-order valence-corrected chi connectivity index (χ1v) is 4.31. The summed E-state index contributed by atoms with van der Waals surface area (Å²) < 4.78 is 54.5. The molecule has 1 unspecified atom stereocenters. The van der Waals surface area contributed by atoms with Gasteiger partial charge in [0.15, 0.2) is 0 Å². The molecule has 0 spiro atoms. The van der Waals surface area contributed by atoms with Crippen LogP contribution in [0.2, 0.25) is 0 Å². The Morgan fingerprint density at radius 1 is 1.45 bits per heavy atom. The lowest BCUT2D eigenvalue weighted by Crippen LogP contribution is -2.32. The van der Waals surface area contributed by atoms with Crippen LogP contribution in [0.4, 0.5) is 13.2 Å². The van der Waals surface area contributed by atoms with Crippen molar-refractivity contribution in [3.8, 4) is 0 Å². The van der Waals surface area contributed by atoms with E-state index in [4.69, 9.17) is 0 Å². The van der Waals surface area contributed by atoms with Crippen LogP contribution in [0.3, 0.4) is 0 Å². The van der Waals surface area contributed by atoms with E-state index < -0.39 is 25.7 Å². The Morgan fingerprint density at radius 3 is 1.82 bits per heavy atom. The van der Waals surface area contributed by atoms with Crippen LogP contribution >= 0.6 is 15.9 Å². The van der Waals surface area contributed by atoms with Gasteiger partial charge in [0.25, 0.3) is 0 Å². The van der Waals surface area contributed by atoms with Gasteiger partial charge in [-0.15, -0.1) is 21.6 Å². The molecule has 1 atom stereocenters. The van der Waals surface area contributed by atoms with Gasteiger partial charge in [-0.1, -0.05) is 0 Å². The molecule has 0 saturated carbocycles. The average Bonchev–Trinajstić information content (AvgIpc) is 1.54. The highest BCUT2D eigenvalue weighted by atomic mass is 79.9. The molecule has 3 nitrogen and oxygen atoms in total. The summed E-state index contributed by atoms with van der Waals surface area (Å²) in [6.45, 7) is 1.06. The van der Waals surface area contributed by atoms with E-state index in [9.17, 15) is 21.6 Å². The van der Waals surface area contributed by atoms with Crippen LogP contribution in [0.1, 0.15) is 6.92 Å². The number of hydrogen-bond donors (Lipinski definition) is 0. The number of halogens is 4. The van der Waals surface area contributed by atoms with Crippen molar-refractivity contribution < 1.29 is 25.5 Å². The van der Waals surface area contributed by atoms with Crippen molar-refractivity contribution in [2.45, 2.75) is 18.2 Å². The molecule has 11 heavy (non-hydrogen) atoms. The molecule has 0 radical (unpaired) electrons. The van der Waals surface area contributed by atoms with E-state index in [1.54, 1.807) is 0 Å². The van der Waals surface area contributed by atoms with Gasteiger partial charge in [-0.25, -0.2) is 0 Å². The van der Waals surface area contributed by atoms with Crippen LogP contribution in [0.5, 0.6) is 0 Å². The van der Waals surface area contributed by atoms with Gasteiger partial charge >= 0.3 is 16.8 Å². The highest BCUT2D eigenvalue weighted by Gasteiger charge is 2.49. The lowest BCUT2D eigenvalue weighted by molar-refractivity contribution is -0.700. The Bertz CT molecular complexity index is 259. The molecule has 0 aromatic carbocycles. The fourth-order valence-electron chi connectivity index (χ4n) is 0.405. The third kappa shape index (κ3) is 3.19. The molecule has 0 N–H and O–H groups in total. The van der Waals surface area contributed by atoms with Crippen molar-refractivity contribution >= 4 is 26.4 Å². The van der Waals surface area contributed by atoms with Crippen molar-refractivity contribution in [2.75, 3.05) is 0 Å². The number of rotatable bonds is 1.